The van der Waals surface area contributed by atoms with E-state index in [-0.39, 0.29) is 5.75 Å². The lowest BCUT2D eigenvalue weighted by atomic mass is 10.1. The lowest BCUT2D eigenvalue weighted by Gasteiger charge is -2.21. The summed E-state index contributed by atoms with van der Waals surface area (Å²) in [5, 5.41) is 10.7. The van der Waals surface area contributed by atoms with E-state index < -0.39 is 0 Å². The number of benzene rings is 2. The van der Waals surface area contributed by atoms with Gasteiger partial charge in [-0.05, 0) is 41.9 Å². The number of halogens is 2. The Balaban J connectivity index is 0.000000692. The molecule has 0 aromatic heterocycles. The van der Waals surface area contributed by atoms with E-state index in [0.29, 0.717) is 5.02 Å². The summed E-state index contributed by atoms with van der Waals surface area (Å²) in [7, 11) is 0. The summed E-state index contributed by atoms with van der Waals surface area (Å²) in [5.74, 6) is 0.194. The van der Waals surface area contributed by atoms with Crippen LogP contribution in [-0.2, 0) is 13.1 Å². The standard InChI is InChI=1S/C16H17Cl2NO.C9H20.C2H6/c1-2-19(10-12-3-6-14(17)7-4-12)11-13-5-8-15(20)9-16(13)18;1-3-5-7-9-8-6-4-2;1-2/h3-9,20H,2,10-11H2,1H3;3-9H2,1-2H3;1-2H3. The number of aromatic hydroxyl groups is 1. The predicted octanol–water partition coefficient (Wildman–Crippen LogP) is 9.50. The van der Waals surface area contributed by atoms with Crippen LogP contribution in [0.4, 0.5) is 0 Å². The van der Waals surface area contributed by atoms with Crippen LogP contribution in [0.15, 0.2) is 42.5 Å². The Morgan fingerprint density at radius 2 is 1.29 bits per heavy atom. The molecule has 1 N–H and O–H groups in total. The monoisotopic (exact) mass is 467 g/mol. The van der Waals surface area contributed by atoms with Gasteiger partial charge in [0.2, 0.25) is 0 Å². The highest BCUT2D eigenvalue weighted by molar-refractivity contribution is 6.31. The molecule has 0 unspecified atom stereocenters. The van der Waals surface area contributed by atoms with Crippen LogP contribution in [0.2, 0.25) is 10.0 Å². The second-order valence-corrected chi connectivity index (χ2v) is 8.32. The third kappa shape index (κ3) is 14.5. The van der Waals surface area contributed by atoms with E-state index in [2.05, 4.69) is 25.7 Å². The zero-order chi connectivity index (χ0) is 23.5. The highest BCUT2D eigenvalue weighted by Gasteiger charge is 2.08. The molecule has 0 fully saturated rings. The number of hydrogen-bond acceptors (Lipinski definition) is 2. The minimum atomic E-state index is 0.194. The first-order valence-electron chi connectivity index (χ1n) is 11.9. The van der Waals surface area contributed by atoms with Crippen LogP contribution in [0.1, 0.15) is 90.7 Å². The molecule has 0 aliphatic carbocycles. The van der Waals surface area contributed by atoms with Gasteiger partial charge in [-0.2, -0.15) is 0 Å². The van der Waals surface area contributed by atoms with Gasteiger partial charge in [0.1, 0.15) is 5.75 Å². The summed E-state index contributed by atoms with van der Waals surface area (Å²) in [6.45, 7) is 13.1. The summed E-state index contributed by atoms with van der Waals surface area (Å²) in [6, 6.07) is 13.0. The number of phenolic OH excluding ortho intramolecular Hbond substituents is 1. The van der Waals surface area contributed by atoms with Gasteiger partial charge >= 0.3 is 0 Å². The highest BCUT2D eigenvalue weighted by Crippen LogP contribution is 2.23. The maximum absolute atomic E-state index is 9.38. The fourth-order valence-corrected chi connectivity index (χ4v) is 3.42. The molecule has 0 heterocycles. The van der Waals surface area contributed by atoms with Crippen LogP contribution >= 0.6 is 23.2 Å². The van der Waals surface area contributed by atoms with Crippen molar-refractivity contribution >= 4 is 23.2 Å². The smallest absolute Gasteiger partial charge is 0.117 e. The van der Waals surface area contributed by atoms with Crippen LogP contribution in [0.3, 0.4) is 0 Å². The molecule has 0 spiro atoms. The molecule has 4 heteroatoms. The van der Waals surface area contributed by atoms with Crippen molar-refractivity contribution in [1.82, 2.24) is 4.90 Å². The number of hydrogen-bond donors (Lipinski definition) is 1. The second-order valence-electron chi connectivity index (χ2n) is 7.47. The lowest BCUT2D eigenvalue weighted by Crippen LogP contribution is -2.22. The molecule has 2 nitrogen and oxygen atoms in total. The molecule has 0 radical (unpaired) electrons. The summed E-state index contributed by atoms with van der Waals surface area (Å²) in [5.41, 5.74) is 2.23. The van der Waals surface area contributed by atoms with Crippen molar-refractivity contribution in [2.75, 3.05) is 6.54 Å². The van der Waals surface area contributed by atoms with E-state index in [1.165, 1.54) is 50.5 Å². The van der Waals surface area contributed by atoms with Crippen LogP contribution in [0.25, 0.3) is 0 Å². The summed E-state index contributed by atoms with van der Waals surface area (Å²) in [4.78, 5) is 2.28. The maximum Gasteiger partial charge on any atom is 0.117 e. The van der Waals surface area contributed by atoms with E-state index in [0.717, 1.165) is 30.2 Å². The van der Waals surface area contributed by atoms with Gasteiger partial charge in [-0.15, -0.1) is 0 Å². The normalized spacial score (nSPS) is 10.2. The van der Waals surface area contributed by atoms with Gasteiger partial charge in [-0.25, -0.2) is 0 Å². The van der Waals surface area contributed by atoms with Gasteiger partial charge < -0.3 is 5.11 Å². The molecule has 0 aliphatic rings. The Morgan fingerprint density at radius 1 is 0.742 bits per heavy atom. The van der Waals surface area contributed by atoms with Gasteiger partial charge in [-0.3, -0.25) is 4.90 Å². The molecule has 31 heavy (non-hydrogen) atoms. The van der Waals surface area contributed by atoms with Crippen LogP contribution in [0.5, 0.6) is 5.75 Å². The first kappa shape index (κ1) is 29.8. The Kier molecular flexibility index (Phi) is 18.7. The van der Waals surface area contributed by atoms with E-state index in [1.807, 2.05) is 44.2 Å². The second kappa shape index (κ2) is 19.5. The molecule has 2 rings (SSSR count). The third-order valence-electron chi connectivity index (χ3n) is 4.90. The SMILES string of the molecule is CC.CCCCCCCCC.CCN(Cc1ccc(Cl)cc1)Cc1ccc(O)cc1Cl. The minimum Gasteiger partial charge on any atom is -0.508 e. The molecule has 0 aliphatic heterocycles. The van der Waals surface area contributed by atoms with E-state index >= 15 is 0 Å². The Bertz CT molecular complexity index is 667. The van der Waals surface area contributed by atoms with Crippen LogP contribution in [0, 0.1) is 0 Å². The Labute approximate surface area is 201 Å². The molecule has 0 bridgehead atoms. The topological polar surface area (TPSA) is 23.5 Å². The zero-order valence-corrected chi connectivity index (χ0v) is 21.8. The molecule has 0 saturated carbocycles. The Hall–Kier alpha value is -1.22. The first-order valence-corrected chi connectivity index (χ1v) is 12.7. The first-order chi connectivity index (χ1) is 15.0. The van der Waals surface area contributed by atoms with Crippen molar-refractivity contribution in [1.29, 1.82) is 0 Å². The van der Waals surface area contributed by atoms with Crippen LogP contribution in [-0.4, -0.2) is 16.6 Å². The molecule has 0 saturated heterocycles. The van der Waals surface area contributed by atoms with E-state index in [1.54, 1.807) is 12.1 Å². The number of phenols is 1. The quantitative estimate of drug-likeness (QED) is 0.332. The summed E-state index contributed by atoms with van der Waals surface area (Å²) >= 11 is 12.0. The largest absolute Gasteiger partial charge is 0.508 e. The highest BCUT2D eigenvalue weighted by atomic mass is 35.5. The van der Waals surface area contributed by atoms with Crippen molar-refractivity contribution in [3.8, 4) is 5.75 Å². The molecule has 176 valence electrons. The number of rotatable bonds is 11. The third-order valence-corrected chi connectivity index (χ3v) is 5.51. The van der Waals surface area contributed by atoms with Crippen molar-refractivity contribution < 1.29 is 5.11 Å². The van der Waals surface area contributed by atoms with Crippen molar-refractivity contribution in [2.45, 2.75) is 92.7 Å². The fraction of sp³-hybridized carbons (Fsp3) is 0.556. The van der Waals surface area contributed by atoms with Gasteiger partial charge in [0.05, 0.1) is 0 Å². The fourth-order valence-electron chi connectivity index (χ4n) is 3.06. The average molecular weight is 469 g/mol. The minimum absolute atomic E-state index is 0.194. The van der Waals surface area contributed by atoms with Crippen molar-refractivity contribution in [2.24, 2.45) is 0 Å². The number of nitrogens with zero attached hydrogens (tertiary/aromatic N) is 1. The Morgan fingerprint density at radius 3 is 1.77 bits per heavy atom. The summed E-state index contributed by atoms with van der Waals surface area (Å²) < 4.78 is 0. The van der Waals surface area contributed by atoms with E-state index in [4.69, 9.17) is 23.2 Å². The zero-order valence-electron chi connectivity index (χ0n) is 20.3. The van der Waals surface area contributed by atoms with E-state index in [9.17, 15) is 5.11 Å². The van der Waals surface area contributed by atoms with Crippen molar-refractivity contribution in [3.05, 3.63) is 63.6 Å². The van der Waals surface area contributed by atoms with Crippen LogP contribution < -0.4 is 0 Å². The molecular formula is C27H43Cl2NO. The van der Waals surface area contributed by atoms with Gasteiger partial charge in [0.15, 0.2) is 0 Å². The van der Waals surface area contributed by atoms with Gasteiger partial charge in [0, 0.05) is 23.1 Å². The molecule has 2 aromatic rings. The molecule has 0 atom stereocenters. The molecule has 2 aromatic carbocycles. The molecule has 0 amide bonds. The van der Waals surface area contributed by atoms with Crippen molar-refractivity contribution in [3.63, 3.8) is 0 Å². The molecular weight excluding hydrogens is 425 g/mol. The number of unbranched alkanes of at least 4 members (excludes halogenated alkanes) is 6. The van der Waals surface area contributed by atoms with Gasteiger partial charge in [0.25, 0.3) is 0 Å². The lowest BCUT2D eigenvalue weighted by molar-refractivity contribution is 0.271. The predicted molar refractivity (Wildman–Crippen MR) is 139 cm³/mol. The maximum atomic E-state index is 9.38. The van der Waals surface area contributed by atoms with Gasteiger partial charge in [-0.1, -0.05) is 121 Å². The summed E-state index contributed by atoms with van der Waals surface area (Å²) in [6.07, 6.45) is 9.97. The average Bonchev–Trinajstić information content (AvgIpc) is 2.78.